The zero-order valence-corrected chi connectivity index (χ0v) is 14.8. The normalized spacial score (nSPS) is 20.2. The van der Waals surface area contributed by atoms with Gasteiger partial charge in [-0.3, -0.25) is 4.79 Å². The predicted octanol–water partition coefficient (Wildman–Crippen LogP) is 3.65. The molecule has 1 aliphatic carbocycles. The molecule has 0 bridgehead atoms. The first kappa shape index (κ1) is 17.7. The third kappa shape index (κ3) is 4.90. The highest BCUT2D eigenvalue weighted by atomic mass is 127. The Kier molecular flexibility index (Phi) is 7.26. The van der Waals surface area contributed by atoms with E-state index in [9.17, 15) is 9.59 Å². The van der Waals surface area contributed by atoms with Gasteiger partial charge in [0.1, 0.15) is 9.53 Å². The number of halogens is 1. The lowest BCUT2D eigenvalue weighted by Crippen LogP contribution is -2.39. The number of carbonyl (C=O) groups excluding carboxylic acids is 2. The third-order valence-corrected chi connectivity index (χ3v) is 5.60. The largest absolute Gasteiger partial charge is 0.457 e. The van der Waals surface area contributed by atoms with Crippen LogP contribution in [0.3, 0.4) is 0 Å². The molecule has 20 heavy (non-hydrogen) atoms. The van der Waals surface area contributed by atoms with Crippen molar-refractivity contribution in [3.63, 3.8) is 0 Å². The molecule has 116 valence electrons. The third-order valence-electron chi connectivity index (χ3n) is 4.21. The lowest BCUT2D eigenvalue weighted by molar-refractivity contribution is -0.173. The van der Waals surface area contributed by atoms with Crippen LogP contribution in [0.2, 0.25) is 0 Å². The summed E-state index contributed by atoms with van der Waals surface area (Å²) in [6.07, 6.45) is 6.14. The van der Waals surface area contributed by atoms with Gasteiger partial charge in [-0.2, -0.15) is 0 Å². The molecule has 0 aliphatic heterocycles. The molecule has 0 spiro atoms. The van der Waals surface area contributed by atoms with E-state index in [4.69, 9.17) is 9.47 Å². The molecular formula is C15H25IO4. The first-order valence-corrected chi connectivity index (χ1v) is 8.70. The molecule has 0 aromatic heterocycles. The minimum atomic E-state index is -0.436. The summed E-state index contributed by atoms with van der Waals surface area (Å²) in [4.78, 5) is 23.4. The highest BCUT2D eigenvalue weighted by Crippen LogP contribution is 2.38. The van der Waals surface area contributed by atoms with Crippen molar-refractivity contribution in [1.82, 2.24) is 0 Å². The second-order valence-electron chi connectivity index (χ2n) is 5.61. The zero-order chi connectivity index (χ0) is 15.2. The fourth-order valence-electron chi connectivity index (χ4n) is 2.66. The Bertz CT molecular complexity index is 339. The van der Waals surface area contributed by atoms with Crippen molar-refractivity contribution >= 4 is 34.5 Å². The van der Waals surface area contributed by atoms with Crippen LogP contribution in [0.5, 0.6) is 0 Å². The molecule has 5 heteroatoms. The summed E-state index contributed by atoms with van der Waals surface area (Å²) in [5, 5.41) is 0. The van der Waals surface area contributed by atoms with Crippen molar-refractivity contribution in [2.24, 2.45) is 5.92 Å². The summed E-state index contributed by atoms with van der Waals surface area (Å²) in [5.74, 6) is -0.349. The zero-order valence-electron chi connectivity index (χ0n) is 12.6. The molecule has 0 heterocycles. The Hall–Kier alpha value is -0.330. The summed E-state index contributed by atoms with van der Waals surface area (Å²) in [6, 6.07) is 0. The van der Waals surface area contributed by atoms with Crippen LogP contribution in [0, 0.1) is 5.92 Å². The first-order chi connectivity index (χ1) is 9.42. The fraction of sp³-hybridized carbons (Fsp3) is 0.867. The molecule has 4 nitrogen and oxygen atoms in total. The van der Waals surface area contributed by atoms with Crippen molar-refractivity contribution in [3.05, 3.63) is 0 Å². The van der Waals surface area contributed by atoms with Crippen molar-refractivity contribution in [3.8, 4) is 0 Å². The second kappa shape index (κ2) is 8.20. The molecule has 0 N–H and O–H groups in total. The lowest BCUT2D eigenvalue weighted by atomic mass is 9.85. The number of alkyl halides is 1. The minimum absolute atomic E-state index is 0.201. The smallest absolute Gasteiger partial charge is 0.344 e. The Morgan fingerprint density at radius 2 is 1.90 bits per heavy atom. The number of hydrogen-bond acceptors (Lipinski definition) is 4. The second-order valence-corrected chi connectivity index (χ2v) is 7.11. The van der Waals surface area contributed by atoms with E-state index in [2.05, 4.69) is 0 Å². The summed E-state index contributed by atoms with van der Waals surface area (Å²) < 4.78 is 10.4. The quantitative estimate of drug-likeness (QED) is 0.375. The maximum Gasteiger partial charge on any atom is 0.344 e. The standard InChI is InChI=1S/C15H25IO4/c1-4-12(16)14(18)19-10-13(17)20-15(3,5-2)11-8-6-7-9-11/h11-12H,4-10H2,1-3H3. The summed E-state index contributed by atoms with van der Waals surface area (Å²) in [6.45, 7) is 5.66. The summed E-state index contributed by atoms with van der Waals surface area (Å²) in [7, 11) is 0. The number of hydrogen-bond donors (Lipinski definition) is 0. The number of ether oxygens (including phenoxy) is 2. The van der Waals surface area contributed by atoms with Crippen molar-refractivity contribution in [1.29, 1.82) is 0 Å². The molecule has 2 atom stereocenters. The van der Waals surface area contributed by atoms with Gasteiger partial charge in [-0.25, -0.2) is 4.79 Å². The Labute approximate surface area is 135 Å². The van der Waals surface area contributed by atoms with Gasteiger partial charge in [0, 0.05) is 0 Å². The molecule has 0 amide bonds. The van der Waals surface area contributed by atoms with Gasteiger partial charge in [-0.1, -0.05) is 49.3 Å². The highest BCUT2D eigenvalue weighted by Gasteiger charge is 2.38. The van der Waals surface area contributed by atoms with Crippen LogP contribution < -0.4 is 0 Å². The van der Waals surface area contributed by atoms with Gasteiger partial charge in [0.05, 0.1) is 0 Å². The Morgan fingerprint density at radius 3 is 2.40 bits per heavy atom. The average Bonchev–Trinajstić information content (AvgIpc) is 2.98. The van der Waals surface area contributed by atoms with Gasteiger partial charge < -0.3 is 9.47 Å². The average molecular weight is 396 g/mol. The monoisotopic (exact) mass is 396 g/mol. The summed E-state index contributed by atoms with van der Waals surface area (Å²) >= 11 is 2.02. The maximum atomic E-state index is 11.9. The van der Waals surface area contributed by atoms with E-state index >= 15 is 0 Å². The van der Waals surface area contributed by atoms with Gasteiger partial charge >= 0.3 is 11.9 Å². The Morgan fingerprint density at radius 1 is 1.30 bits per heavy atom. The van der Waals surface area contributed by atoms with Crippen LogP contribution in [0.1, 0.15) is 59.3 Å². The molecule has 0 radical (unpaired) electrons. The van der Waals surface area contributed by atoms with Crippen LogP contribution in [0.4, 0.5) is 0 Å². The van der Waals surface area contributed by atoms with Gasteiger partial charge in [0.25, 0.3) is 0 Å². The molecule has 0 aromatic rings. The van der Waals surface area contributed by atoms with Gasteiger partial charge in [0.15, 0.2) is 6.61 Å². The number of rotatable bonds is 7. The fourth-order valence-corrected chi connectivity index (χ4v) is 2.84. The molecule has 0 saturated heterocycles. The van der Waals surface area contributed by atoms with E-state index in [1.807, 2.05) is 43.4 Å². The van der Waals surface area contributed by atoms with E-state index in [0.29, 0.717) is 12.3 Å². The van der Waals surface area contributed by atoms with Crippen LogP contribution in [-0.4, -0.2) is 28.1 Å². The lowest BCUT2D eigenvalue weighted by Gasteiger charge is -2.34. The van der Waals surface area contributed by atoms with E-state index in [-0.39, 0.29) is 16.5 Å². The maximum absolute atomic E-state index is 11.9. The SMILES string of the molecule is CCC(I)C(=O)OCC(=O)OC(C)(CC)C1CCCC1. The number of esters is 2. The topological polar surface area (TPSA) is 52.6 Å². The van der Waals surface area contributed by atoms with Crippen molar-refractivity contribution < 1.29 is 19.1 Å². The molecular weight excluding hydrogens is 371 g/mol. The molecule has 1 fully saturated rings. The highest BCUT2D eigenvalue weighted by molar-refractivity contribution is 14.1. The molecule has 1 aliphatic rings. The summed E-state index contributed by atoms with van der Waals surface area (Å²) in [5.41, 5.74) is -0.422. The van der Waals surface area contributed by atoms with E-state index in [1.54, 1.807) is 0 Å². The van der Waals surface area contributed by atoms with Gasteiger partial charge in [0.2, 0.25) is 0 Å². The van der Waals surface area contributed by atoms with Crippen LogP contribution >= 0.6 is 22.6 Å². The molecule has 1 rings (SSSR count). The van der Waals surface area contributed by atoms with E-state index < -0.39 is 11.6 Å². The molecule has 1 saturated carbocycles. The van der Waals surface area contributed by atoms with E-state index in [0.717, 1.165) is 19.3 Å². The minimum Gasteiger partial charge on any atom is -0.457 e. The molecule has 0 aromatic carbocycles. The van der Waals surface area contributed by atoms with Crippen molar-refractivity contribution in [2.75, 3.05) is 6.61 Å². The van der Waals surface area contributed by atoms with Crippen LogP contribution in [-0.2, 0) is 19.1 Å². The van der Waals surface area contributed by atoms with Crippen molar-refractivity contribution in [2.45, 2.75) is 68.8 Å². The van der Waals surface area contributed by atoms with Crippen LogP contribution in [0.25, 0.3) is 0 Å². The molecule has 2 unspecified atom stereocenters. The first-order valence-electron chi connectivity index (χ1n) is 7.45. The van der Waals surface area contributed by atoms with Gasteiger partial charge in [-0.05, 0) is 38.5 Å². The predicted molar refractivity (Wildman–Crippen MR) is 85.8 cm³/mol. The number of carbonyl (C=O) groups is 2. The van der Waals surface area contributed by atoms with Gasteiger partial charge in [-0.15, -0.1) is 0 Å². The Balaban J connectivity index is 2.45. The van der Waals surface area contributed by atoms with Crippen LogP contribution in [0.15, 0.2) is 0 Å². The van der Waals surface area contributed by atoms with E-state index in [1.165, 1.54) is 12.8 Å².